The average Bonchev–Trinajstić information content (AvgIpc) is 2.36. The second kappa shape index (κ2) is 7.09. The van der Waals surface area contributed by atoms with Gasteiger partial charge in [0.05, 0.1) is 18.6 Å². The molecule has 112 valence electrons. The quantitative estimate of drug-likeness (QED) is 0.473. The second-order valence-corrected chi connectivity index (χ2v) is 5.47. The molecule has 20 heavy (non-hydrogen) atoms. The van der Waals surface area contributed by atoms with Crippen molar-refractivity contribution < 1.29 is 14.4 Å². The molecule has 0 fully saturated rings. The van der Waals surface area contributed by atoms with Crippen LogP contribution in [0.4, 0.5) is 5.69 Å². The Bertz CT molecular complexity index is 455. The number of nitro groups is 1. The minimum atomic E-state index is -0.456. The van der Waals surface area contributed by atoms with E-state index in [1.165, 1.54) is 19.2 Å². The fraction of sp³-hybridized carbons (Fsp3) is 0.571. The number of benzene rings is 1. The van der Waals surface area contributed by atoms with Crippen LogP contribution in [-0.2, 0) is 0 Å². The SMILES string of the molecule is COc1ccc([N+](=O)[O-])c(OCCCNC(C)(C)C)c1. The van der Waals surface area contributed by atoms with Crippen molar-refractivity contribution in [3.8, 4) is 11.5 Å². The molecule has 0 heterocycles. The Labute approximate surface area is 119 Å². The molecule has 0 saturated heterocycles. The first kappa shape index (κ1) is 16.2. The Hall–Kier alpha value is -1.82. The van der Waals surface area contributed by atoms with Crippen LogP contribution in [0.3, 0.4) is 0 Å². The molecule has 0 saturated carbocycles. The van der Waals surface area contributed by atoms with Crippen molar-refractivity contribution in [2.75, 3.05) is 20.3 Å². The number of nitro benzene ring substituents is 1. The van der Waals surface area contributed by atoms with Gasteiger partial charge in [0.2, 0.25) is 5.75 Å². The Morgan fingerprint density at radius 1 is 1.35 bits per heavy atom. The average molecular weight is 282 g/mol. The normalized spacial score (nSPS) is 11.2. The topological polar surface area (TPSA) is 73.6 Å². The van der Waals surface area contributed by atoms with E-state index in [-0.39, 0.29) is 17.0 Å². The molecule has 0 aliphatic heterocycles. The fourth-order valence-electron chi connectivity index (χ4n) is 1.61. The first-order valence-electron chi connectivity index (χ1n) is 6.54. The fourth-order valence-corrected chi connectivity index (χ4v) is 1.61. The van der Waals surface area contributed by atoms with Crippen LogP contribution in [0.2, 0.25) is 0 Å². The van der Waals surface area contributed by atoms with E-state index < -0.39 is 4.92 Å². The zero-order valence-corrected chi connectivity index (χ0v) is 12.4. The Balaban J connectivity index is 2.55. The molecule has 0 aliphatic rings. The third kappa shape index (κ3) is 5.44. The highest BCUT2D eigenvalue weighted by Gasteiger charge is 2.16. The van der Waals surface area contributed by atoms with Crippen LogP contribution < -0.4 is 14.8 Å². The molecular formula is C14H22N2O4. The van der Waals surface area contributed by atoms with E-state index in [1.54, 1.807) is 6.07 Å². The first-order valence-corrected chi connectivity index (χ1v) is 6.54. The van der Waals surface area contributed by atoms with Crippen molar-refractivity contribution >= 4 is 5.69 Å². The lowest BCUT2D eigenvalue weighted by Gasteiger charge is -2.20. The molecule has 0 aromatic heterocycles. The van der Waals surface area contributed by atoms with E-state index in [0.29, 0.717) is 12.4 Å². The van der Waals surface area contributed by atoms with Gasteiger partial charge in [-0.2, -0.15) is 0 Å². The largest absolute Gasteiger partial charge is 0.497 e. The highest BCUT2D eigenvalue weighted by atomic mass is 16.6. The standard InChI is InChI=1S/C14H22N2O4/c1-14(2,3)15-8-5-9-20-13-10-11(19-4)6-7-12(13)16(17)18/h6-7,10,15H,5,8-9H2,1-4H3. The van der Waals surface area contributed by atoms with Crippen molar-refractivity contribution in [1.29, 1.82) is 0 Å². The Morgan fingerprint density at radius 2 is 2.05 bits per heavy atom. The van der Waals surface area contributed by atoms with Crippen LogP contribution in [0.5, 0.6) is 11.5 Å². The van der Waals surface area contributed by atoms with Crippen molar-refractivity contribution in [3.63, 3.8) is 0 Å². The zero-order chi connectivity index (χ0) is 15.2. The summed E-state index contributed by atoms with van der Waals surface area (Å²) in [7, 11) is 1.51. The lowest BCUT2D eigenvalue weighted by Crippen LogP contribution is -2.36. The summed E-state index contributed by atoms with van der Waals surface area (Å²) in [4.78, 5) is 10.5. The lowest BCUT2D eigenvalue weighted by molar-refractivity contribution is -0.385. The van der Waals surface area contributed by atoms with Gasteiger partial charge in [0.25, 0.3) is 0 Å². The van der Waals surface area contributed by atoms with Gasteiger partial charge in [-0.05, 0) is 39.8 Å². The van der Waals surface area contributed by atoms with E-state index in [0.717, 1.165) is 13.0 Å². The molecule has 1 aromatic rings. The highest BCUT2D eigenvalue weighted by Crippen LogP contribution is 2.31. The van der Waals surface area contributed by atoms with Gasteiger partial charge in [-0.1, -0.05) is 0 Å². The molecule has 0 atom stereocenters. The summed E-state index contributed by atoms with van der Waals surface area (Å²) in [5.74, 6) is 0.781. The number of hydrogen-bond donors (Lipinski definition) is 1. The molecule has 0 amide bonds. The van der Waals surface area contributed by atoms with Crippen LogP contribution in [0, 0.1) is 10.1 Å². The monoisotopic (exact) mass is 282 g/mol. The van der Waals surface area contributed by atoms with E-state index >= 15 is 0 Å². The number of nitrogens with zero attached hydrogens (tertiary/aromatic N) is 1. The van der Waals surface area contributed by atoms with Crippen LogP contribution in [0.1, 0.15) is 27.2 Å². The summed E-state index contributed by atoms with van der Waals surface area (Å²) in [6.45, 7) is 7.46. The molecule has 1 aromatic carbocycles. The van der Waals surface area contributed by atoms with Gasteiger partial charge in [-0.25, -0.2) is 0 Å². The molecule has 0 aliphatic carbocycles. The molecule has 0 radical (unpaired) electrons. The van der Waals surface area contributed by atoms with E-state index in [9.17, 15) is 10.1 Å². The molecule has 6 heteroatoms. The van der Waals surface area contributed by atoms with Crippen LogP contribution >= 0.6 is 0 Å². The summed E-state index contributed by atoms with van der Waals surface area (Å²) in [5.41, 5.74) is 0.0108. The van der Waals surface area contributed by atoms with Crippen molar-refractivity contribution in [2.24, 2.45) is 0 Å². The van der Waals surface area contributed by atoms with Gasteiger partial charge < -0.3 is 14.8 Å². The van der Waals surface area contributed by atoms with E-state index in [1.807, 2.05) is 0 Å². The van der Waals surface area contributed by atoms with Gasteiger partial charge >= 0.3 is 5.69 Å². The first-order chi connectivity index (χ1) is 9.33. The molecule has 0 unspecified atom stereocenters. The lowest BCUT2D eigenvalue weighted by atomic mass is 10.1. The summed E-state index contributed by atoms with van der Waals surface area (Å²) in [6.07, 6.45) is 0.769. The number of hydrogen-bond acceptors (Lipinski definition) is 5. The van der Waals surface area contributed by atoms with Crippen LogP contribution in [0.15, 0.2) is 18.2 Å². The molecular weight excluding hydrogens is 260 g/mol. The molecule has 6 nitrogen and oxygen atoms in total. The van der Waals surface area contributed by atoms with Gasteiger partial charge in [-0.15, -0.1) is 0 Å². The highest BCUT2D eigenvalue weighted by molar-refractivity contribution is 5.50. The number of ether oxygens (including phenoxy) is 2. The molecule has 0 bridgehead atoms. The number of nitrogens with one attached hydrogen (secondary N) is 1. The summed E-state index contributed by atoms with van der Waals surface area (Å²) in [5, 5.41) is 14.2. The van der Waals surface area contributed by atoms with Crippen LogP contribution in [0.25, 0.3) is 0 Å². The summed E-state index contributed by atoms with van der Waals surface area (Å²) in [6, 6.07) is 4.48. The van der Waals surface area contributed by atoms with Gasteiger partial charge in [-0.3, -0.25) is 10.1 Å². The van der Waals surface area contributed by atoms with Gasteiger partial charge in [0.1, 0.15) is 5.75 Å². The number of rotatable bonds is 7. The molecule has 1 rings (SSSR count). The van der Waals surface area contributed by atoms with Gasteiger partial charge in [0, 0.05) is 17.7 Å². The predicted molar refractivity (Wildman–Crippen MR) is 77.5 cm³/mol. The Kier molecular flexibility index (Phi) is 5.76. The third-order valence-electron chi connectivity index (χ3n) is 2.60. The maximum atomic E-state index is 10.9. The van der Waals surface area contributed by atoms with Crippen molar-refractivity contribution in [2.45, 2.75) is 32.7 Å². The molecule has 0 spiro atoms. The smallest absolute Gasteiger partial charge is 0.311 e. The maximum Gasteiger partial charge on any atom is 0.311 e. The van der Waals surface area contributed by atoms with Crippen LogP contribution in [-0.4, -0.2) is 30.7 Å². The van der Waals surface area contributed by atoms with Crippen molar-refractivity contribution in [1.82, 2.24) is 5.32 Å². The predicted octanol–water partition coefficient (Wildman–Crippen LogP) is 2.76. The van der Waals surface area contributed by atoms with E-state index in [4.69, 9.17) is 9.47 Å². The Morgan fingerprint density at radius 3 is 2.60 bits per heavy atom. The van der Waals surface area contributed by atoms with Gasteiger partial charge in [0.15, 0.2) is 0 Å². The minimum absolute atomic E-state index is 0.0467. The summed E-state index contributed by atoms with van der Waals surface area (Å²) >= 11 is 0. The maximum absolute atomic E-state index is 10.9. The molecule has 1 N–H and O–H groups in total. The third-order valence-corrected chi connectivity index (χ3v) is 2.60. The van der Waals surface area contributed by atoms with E-state index in [2.05, 4.69) is 26.1 Å². The minimum Gasteiger partial charge on any atom is -0.497 e. The van der Waals surface area contributed by atoms with Crippen molar-refractivity contribution in [3.05, 3.63) is 28.3 Å². The number of methoxy groups -OCH3 is 1. The zero-order valence-electron chi connectivity index (χ0n) is 12.4. The summed E-state index contributed by atoms with van der Waals surface area (Å²) < 4.78 is 10.5. The second-order valence-electron chi connectivity index (χ2n) is 5.47.